The van der Waals surface area contributed by atoms with Crippen LogP contribution in [-0.2, 0) is 17.4 Å². The highest BCUT2D eigenvalue weighted by Crippen LogP contribution is 2.25. The third kappa shape index (κ3) is 7.71. The van der Waals surface area contributed by atoms with Crippen LogP contribution < -0.4 is 0 Å². The molecule has 0 saturated carbocycles. The van der Waals surface area contributed by atoms with Crippen molar-refractivity contribution in [1.82, 2.24) is 0 Å². The first kappa shape index (κ1) is 16.4. The van der Waals surface area contributed by atoms with Crippen LogP contribution in [0.25, 0.3) is 0 Å². The van der Waals surface area contributed by atoms with Crippen LogP contribution in [0.1, 0.15) is 11.1 Å². The van der Waals surface area contributed by atoms with Gasteiger partial charge in [-0.2, -0.15) is 0 Å². The SMILES string of the molecule is O=P(O)(O)O.Oc1ccccc1CCc1ccccc1. The van der Waals surface area contributed by atoms with E-state index in [4.69, 9.17) is 19.2 Å². The summed E-state index contributed by atoms with van der Waals surface area (Å²) in [4.78, 5) is 21.6. The van der Waals surface area contributed by atoms with Gasteiger partial charge in [0.2, 0.25) is 0 Å². The average molecular weight is 296 g/mol. The van der Waals surface area contributed by atoms with Crippen molar-refractivity contribution in [3.8, 4) is 5.75 Å². The Morgan fingerprint density at radius 3 is 1.85 bits per heavy atom. The second-order valence-corrected chi connectivity index (χ2v) is 5.15. The van der Waals surface area contributed by atoms with Gasteiger partial charge >= 0.3 is 7.82 Å². The first-order chi connectivity index (χ1) is 9.36. The fourth-order valence-electron chi connectivity index (χ4n) is 1.65. The highest BCUT2D eigenvalue weighted by atomic mass is 31.2. The number of para-hydroxylation sites is 1. The van der Waals surface area contributed by atoms with Crippen LogP contribution in [0, 0.1) is 0 Å². The van der Waals surface area contributed by atoms with E-state index >= 15 is 0 Å². The Morgan fingerprint density at radius 1 is 0.800 bits per heavy atom. The van der Waals surface area contributed by atoms with Gasteiger partial charge in [0.05, 0.1) is 0 Å². The first-order valence-corrected chi connectivity index (χ1v) is 7.52. The Labute approximate surface area is 117 Å². The number of benzene rings is 2. The summed E-state index contributed by atoms with van der Waals surface area (Å²) in [6, 6.07) is 17.8. The molecule has 0 atom stereocenters. The monoisotopic (exact) mass is 296 g/mol. The van der Waals surface area contributed by atoms with Gasteiger partial charge in [0.1, 0.15) is 5.75 Å². The highest BCUT2D eigenvalue weighted by Gasteiger charge is 2.00. The zero-order valence-electron chi connectivity index (χ0n) is 10.8. The third-order valence-electron chi connectivity index (χ3n) is 2.52. The lowest BCUT2D eigenvalue weighted by Crippen LogP contribution is -1.91. The fraction of sp³-hybridized carbons (Fsp3) is 0.143. The van der Waals surface area contributed by atoms with E-state index in [0.717, 1.165) is 18.4 Å². The number of hydrogen-bond donors (Lipinski definition) is 4. The molecular formula is C14H17O5P. The van der Waals surface area contributed by atoms with Gasteiger partial charge in [0.15, 0.2) is 0 Å². The summed E-state index contributed by atoms with van der Waals surface area (Å²) in [5.74, 6) is 0.397. The molecule has 108 valence electrons. The van der Waals surface area contributed by atoms with E-state index in [1.54, 1.807) is 6.07 Å². The molecule has 0 fully saturated rings. The number of aryl methyl sites for hydroxylation is 2. The molecule has 0 bridgehead atoms. The Morgan fingerprint density at radius 2 is 1.30 bits per heavy atom. The van der Waals surface area contributed by atoms with Crippen LogP contribution in [0.15, 0.2) is 54.6 Å². The summed E-state index contributed by atoms with van der Waals surface area (Å²) in [7, 11) is -4.64. The van der Waals surface area contributed by atoms with Gasteiger partial charge in [-0.05, 0) is 30.0 Å². The molecule has 6 heteroatoms. The first-order valence-electron chi connectivity index (χ1n) is 5.95. The maximum Gasteiger partial charge on any atom is 0.466 e. The van der Waals surface area contributed by atoms with Crippen molar-refractivity contribution in [3.05, 3.63) is 65.7 Å². The molecule has 0 unspecified atom stereocenters. The maximum atomic E-state index is 9.59. The lowest BCUT2D eigenvalue weighted by Gasteiger charge is -2.03. The van der Waals surface area contributed by atoms with Gasteiger partial charge in [0, 0.05) is 0 Å². The fourth-order valence-corrected chi connectivity index (χ4v) is 1.65. The van der Waals surface area contributed by atoms with Crippen LogP contribution >= 0.6 is 7.82 Å². The second kappa shape index (κ2) is 7.82. The molecule has 0 aromatic heterocycles. The number of rotatable bonds is 3. The number of hydrogen-bond acceptors (Lipinski definition) is 2. The standard InChI is InChI=1S/C14H14O.H3O4P/c15-14-9-5-4-8-13(14)11-10-12-6-2-1-3-7-12;1-5(2,3)4/h1-9,15H,10-11H2;(H3,1,2,3,4). The predicted molar refractivity (Wildman–Crippen MR) is 76.2 cm³/mol. The van der Waals surface area contributed by atoms with Crippen LogP contribution in [0.3, 0.4) is 0 Å². The summed E-state index contributed by atoms with van der Waals surface area (Å²) < 4.78 is 8.88. The number of phosphoric acid groups is 1. The lowest BCUT2D eigenvalue weighted by atomic mass is 10.0. The number of phenols is 1. The van der Waals surface area contributed by atoms with E-state index in [-0.39, 0.29) is 0 Å². The molecule has 2 aromatic carbocycles. The molecule has 0 spiro atoms. The van der Waals surface area contributed by atoms with Gasteiger partial charge in [0.25, 0.3) is 0 Å². The van der Waals surface area contributed by atoms with Gasteiger partial charge in [-0.1, -0.05) is 48.5 Å². The maximum absolute atomic E-state index is 9.59. The minimum Gasteiger partial charge on any atom is -0.508 e. The zero-order valence-corrected chi connectivity index (χ0v) is 11.6. The molecule has 5 nitrogen and oxygen atoms in total. The molecule has 0 radical (unpaired) electrons. The van der Waals surface area contributed by atoms with Gasteiger partial charge in [-0.15, -0.1) is 0 Å². The van der Waals surface area contributed by atoms with Crippen molar-refractivity contribution in [3.63, 3.8) is 0 Å². The number of aromatic hydroxyl groups is 1. The molecule has 0 aliphatic rings. The molecular weight excluding hydrogens is 279 g/mol. The van der Waals surface area contributed by atoms with Crippen LogP contribution in [0.4, 0.5) is 0 Å². The smallest absolute Gasteiger partial charge is 0.466 e. The minimum atomic E-state index is -4.64. The van der Waals surface area contributed by atoms with Crippen LogP contribution in [0.5, 0.6) is 5.75 Å². The van der Waals surface area contributed by atoms with Gasteiger partial charge in [-0.25, -0.2) is 4.57 Å². The summed E-state index contributed by atoms with van der Waals surface area (Å²) in [5, 5.41) is 9.59. The molecule has 20 heavy (non-hydrogen) atoms. The predicted octanol–water partition coefficient (Wildman–Crippen LogP) is 2.25. The lowest BCUT2D eigenvalue weighted by molar-refractivity contribution is 0.275. The molecule has 4 N–H and O–H groups in total. The van der Waals surface area contributed by atoms with Crippen LogP contribution in [-0.4, -0.2) is 19.8 Å². The van der Waals surface area contributed by atoms with Gasteiger partial charge < -0.3 is 19.8 Å². The molecule has 0 aliphatic heterocycles. The van der Waals surface area contributed by atoms with E-state index in [1.807, 2.05) is 36.4 Å². The van der Waals surface area contributed by atoms with E-state index in [1.165, 1.54) is 5.56 Å². The summed E-state index contributed by atoms with van der Waals surface area (Å²) >= 11 is 0. The Balaban J connectivity index is 0.000000347. The molecule has 0 saturated heterocycles. The average Bonchev–Trinajstić information content (AvgIpc) is 2.37. The summed E-state index contributed by atoms with van der Waals surface area (Å²) in [5.41, 5.74) is 2.32. The summed E-state index contributed by atoms with van der Waals surface area (Å²) in [6.45, 7) is 0. The van der Waals surface area contributed by atoms with E-state index < -0.39 is 7.82 Å². The Bertz CT molecular complexity index is 557. The van der Waals surface area contributed by atoms with Crippen molar-refractivity contribution < 1.29 is 24.4 Å². The minimum absolute atomic E-state index is 0.397. The highest BCUT2D eigenvalue weighted by molar-refractivity contribution is 7.45. The molecule has 2 rings (SSSR count). The van der Waals surface area contributed by atoms with Crippen molar-refractivity contribution in [2.45, 2.75) is 12.8 Å². The van der Waals surface area contributed by atoms with E-state index in [0.29, 0.717) is 5.75 Å². The molecule has 2 aromatic rings. The third-order valence-corrected chi connectivity index (χ3v) is 2.52. The van der Waals surface area contributed by atoms with Crippen molar-refractivity contribution in [2.24, 2.45) is 0 Å². The second-order valence-electron chi connectivity index (χ2n) is 4.13. The number of phenolic OH excluding ortho intramolecular Hbond substituents is 1. The Kier molecular flexibility index (Phi) is 6.42. The topological polar surface area (TPSA) is 98.0 Å². The quantitative estimate of drug-likeness (QED) is 0.651. The van der Waals surface area contributed by atoms with Crippen LogP contribution in [0.2, 0.25) is 0 Å². The van der Waals surface area contributed by atoms with E-state index in [9.17, 15) is 5.11 Å². The largest absolute Gasteiger partial charge is 0.508 e. The van der Waals surface area contributed by atoms with Crippen molar-refractivity contribution >= 4 is 7.82 Å². The van der Waals surface area contributed by atoms with Crippen molar-refractivity contribution in [2.75, 3.05) is 0 Å². The molecule has 0 amide bonds. The van der Waals surface area contributed by atoms with Gasteiger partial charge in [-0.3, -0.25) is 0 Å². The normalized spacial score (nSPS) is 10.6. The van der Waals surface area contributed by atoms with E-state index in [2.05, 4.69) is 12.1 Å². The summed E-state index contributed by atoms with van der Waals surface area (Å²) in [6.07, 6.45) is 1.86. The Hall–Kier alpha value is -1.65. The zero-order chi connectivity index (χ0) is 15.0. The molecule has 0 heterocycles. The van der Waals surface area contributed by atoms with Crippen molar-refractivity contribution in [1.29, 1.82) is 0 Å². The molecule has 0 aliphatic carbocycles.